The molecule has 3 atom stereocenters. The van der Waals surface area contributed by atoms with Gasteiger partial charge in [0, 0.05) is 0 Å². The molecule has 1 N–H and O–H groups in total. The van der Waals surface area contributed by atoms with Crippen molar-refractivity contribution in [3.05, 3.63) is 0 Å². The number of aliphatic hydroxyl groups excluding tert-OH is 1. The van der Waals surface area contributed by atoms with Crippen LogP contribution < -0.4 is 0 Å². The molecule has 0 aliphatic rings. The molecule has 0 rings (SSSR count). The van der Waals surface area contributed by atoms with E-state index in [1.807, 2.05) is 6.92 Å². The summed E-state index contributed by atoms with van der Waals surface area (Å²) in [6, 6.07) is 0. The smallest absolute Gasteiger partial charge is 0.0514 e. The third-order valence-electron chi connectivity index (χ3n) is 2.33. The number of aliphatic hydroxyl groups is 1. The van der Waals surface area contributed by atoms with E-state index in [-0.39, 0.29) is 6.10 Å². The van der Waals surface area contributed by atoms with Gasteiger partial charge in [0.15, 0.2) is 0 Å². The maximum absolute atomic E-state index is 9.07. The molecule has 10 heavy (non-hydrogen) atoms. The van der Waals surface area contributed by atoms with Crippen LogP contribution in [0.25, 0.3) is 0 Å². The normalized spacial score (nSPS) is 20.1. The van der Waals surface area contributed by atoms with Gasteiger partial charge in [-0.3, -0.25) is 0 Å². The first-order valence-corrected chi connectivity index (χ1v) is 4.26. The molecule has 62 valence electrons. The summed E-state index contributed by atoms with van der Waals surface area (Å²) in [5.74, 6) is 1.40. The summed E-state index contributed by atoms with van der Waals surface area (Å²) >= 11 is 0. The Hall–Kier alpha value is -0.0400. The van der Waals surface area contributed by atoms with Crippen molar-refractivity contribution in [2.24, 2.45) is 11.8 Å². The zero-order chi connectivity index (χ0) is 8.15. The molecule has 0 amide bonds. The average molecular weight is 144 g/mol. The van der Waals surface area contributed by atoms with E-state index < -0.39 is 0 Å². The van der Waals surface area contributed by atoms with Gasteiger partial charge in [-0.05, 0) is 25.2 Å². The van der Waals surface area contributed by atoms with Crippen molar-refractivity contribution in [2.45, 2.75) is 46.6 Å². The van der Waals surface area contributed by atoms with Crippen molar-refractivity contribution in [1.82, 2.24) is 0 Å². The summed E-state index contributed by atoms with van der Waals surface area (Å²) < 4.78 is 0. The first-order valence-electron chi connectivity index (χ1n) is 4.26. The highest BCUT2D eigenvalue weighted by Gasteiger charge is 2.11. The third-order valence-corrected chi connectivity index (χ3v) is 2.33. The molecule has 0 aromatic carbocycles. The van der Waals surface area contributed by atoms with Crippen molar-refractivity contribution in [2.75, 3.05) is 0 Å². The van der Waals surface area contributed by atoms with Gasteiger partial charge in [0.1, 0.15) is 0 Å². The van der Waals surface area contributed by atoms with Crippen molar-refractivity contribution < 1.29 is 5.11 Å². The quantitative estimate of drug-likeness (QED) is 0.642. The van der Waals surface area contributed by atoms with Gasteiger partial charge in [-0.25, -0.2) is 0 Å². The van der Waals surface area contributed by atoms with Gasteiger partial charge in [0.2, 0.25) is 0 Å². The number of rotatable bonds is 4. The Bertz CT molecular complexity index is 78.8. The Kier molecular flexibility index (Phi) is 4.71. The number of hydrogen-bond donors (Lipinski definition) is 1. The minimum absolute atomic E-state index is 0.135. The van der Waals surface area contributed by atoms with E-state index in [1.165, 1.54) is 6.42 Å². The Morgan fingerprint density at radius 2 is 1.60 bits per heavy atom. The first kappa shape index (κ1) is 9.96. The van der Waals surface area contributed by atoms with E-state index in [1.54, 1.807) is 0 Å². The number of hydrogen-bond acceptors (Lipinski definition) is 1. The van der Waals surface area contributed by atoms with E-state index in [9.17, 15) is 0 Å². The van der Waals surface area contributed by atoms with E-state index >= 15 is 0 Å². The topological polar surface area (TPSA) is 20.2 Å². The van der Waals surface area contributed by atoms with Gasteiger partial charge < -0.3 is 5.11 Å². The summed E-state index contributed by atoms with van der Waals surface area (Å²) in [6.45, 7) is 8.51. The molecular weight excluding hydrogens is 124 g/mol. The summed E-state index contributed by atoms with van der Waals surface area (Å²) in [5.41, 5.74) is 0. The Morgan fingerprint density at radius 1 is 1.10 bits per heavy atom. The minimum Gasteiger partial charge on any atom is -0.393 e. The van der Waals surface area contributed by atoms with Gasteiger partial charge >= 0.3 is 0 Å². The lowest BCUT2D eigenvalue weighted by molar-refractivity contribution is 0.147. The van der Waals surface area contributed by atoms with E-state index in [2.05, 4.69) is 20.8 Å². The standard InChI is InChI=1S/C9H20O/c1-5-7(2)8(3)6-9(4)10/h7-10H,5-6H2,1-4H3. The summed E-state index contributed by atoms with van der Waals surface area (Å²) in [5, 5.41) is 9.07. The molecule has 0 radical (unpaired) electrons. The predicted molar refractivity (Wildman–Crippen MR) is 44.9 cm³/mol. The molecule has 0 bridgehead atoms. The molecule has 0 heterocycles. The van der Waals surface area contributed by atoms with Gasteiger partial charge in [-0.15, -0.1) is 0 Å². The average Bonchev–Trinajstić information content (AvgIpc) is 1.85. The van der Waals surface area contributed by atoms with E-state index in [4.69, 9.17) is 5.11 Å². The van der Waals surface area contributed by atoms with Crippen LogP contribution in [0.5, 0.6) is 0 Å². The van der Waals surface area contributed by atoms with Crippen LogP contribution in [0.1, 0.15) is 40.5 Å². The van der Waals surface area contributed by atoms with Crippen LogP contribution in [0, 0.1) is 11.8 Å². The second kappa shape index (κ2) is 4.73. The molecule has 3 unspecified atom stereocenters. The zero-order valence-corrected chi connectivity index (χ0v) is 7.59. The fourth-order valence-corrected chi connectivity index (χ4v) is 1.17. The second-order valence-corrected chi connectivity index (χ2v) is 3.45. The lowest BCUT2D eigenvalue weighted by Gasteiger charge is -2.19. The fourth-order valence-electron chi connectivity index (χ4n) is 1.17. The van der Waals surface area contributed by atoms with Crippen LogP contribution in [0.4, 0.5) is 0 Å². The SMILES string of the molecule is CCC(C)C(C)CC(C)O. The molecule has 0 fully saturated rings. The Morgan fingerprint density at radius 3 is 1.90 bits per heavy atom. The fraction of sp³-hybridized carbons (Fsp3) is 1.00. The molecule has 1 nitrogen and oxygen atoms in total. The van der Waals surface area contributed by atoms with Crippen molar-refractivity contribution in [3.8, 4) is 0 Å². The van der Waals surface area contributed by atoms with Gasteiger partial charge in [0.25, 0.3) is 0 Å². The Balaban J connectivity index is 3.50. The highest BCUT2D eigenvalue weighted by Crippen LogP contribution is 2.19. The highest BCUT2D eigenvalue weighted by atomic mass is 16.3. The zero-order valence-electron chi connectivity index (χ0n) is 7.59. The predicted octanol–water partition coefficient (Wildman–Crippen LogP) is 2.44. The maximum Gasteiger partial charge on any atom is 0.0514 e. The molecular formula is C9H20O. The van der Waals surface area contributed by atoms with Crippen molar-refractivity contribution in [1.29, 1.82) is 0 Å². The first-order chi connectivity index (χ1) is 4.57. The molecule has 1 heteroatoms. The van der Waals surface area contributed by atoms with Gasteiger partial charge in [-0.2, -0.15) is 0 Å². The maximum atomic E-state index is 9.07. The lowest BCUT2D eigenvalue weighted by atomic mass is 9.89. The van der Waals surface area contributed by atoms with E-state index in [0.29, 0.717) is 5.92 Å². The lowest BCUT2D eigenvalue weighted by Crippen LogP contribution is -2.13. The molecule has 0 saturated heterocycles. The van der Waals surface area contributed by atoms with Gasteiger partial charge in [-0.1, -0.05) is 27.2 Å². The van der Waals surface area contributed by atoms with Crippen LogP contribution in [-0.4, -0.2) is 11.2 Å². The highest BCUT2D eigenvalue weighted by molar-refractivity contribution is 4.62. The van der Waals surface area contributed by atoms with Crippen LogP contribution in [0.2, 0.25) is 0 Å². The van der Waals surface area contributed by atoms with Crippen molar-refractivity contribution in [3.63, 3.8) is 0 Å². The minimum atomic E-state index is -0.135. The van der Waals surface area contributed by atoms with Crippen LogP contribution in [0.15, 0.2) is 0 Å². The summed E-state index contributed by atoms with van der Waals surface area (Å²) in [4.78, 5) is 0. The van der Waals surface area contributed by atoms with Crippen LogP contribution >= 0.6 is 0 Å². The summed E-state index contributed by atoms with van der Waals surface area (Å²) in [6.07, 6.45) is 2.02. The molecule has 0 saturated carbocycles. The monoisotopic (exact) mass is 144 g/mol. The Labute approximate surface area is 64.5 Å². The largest absolute Gasteiger partial charge is 0.393 e. The molecule has 0 aliphatic heterocycles. The van der Waals surface area contributed by atoms with Crippen LogP contribution in [-0.2, 0) is 0 Å². The van der Waals surface area contributed by atoms with E-state index in [0.717, 1.165) is 12.3 Å². The molecule has 0 aromatic rings. The third kappa shape index (κ3) is 3.89. The second-order valence-electron chi connectivity index (χ2n) is 3.45. The molecule has 0 aromatic heterocycles. The molecule has 0 aliphatic carbocycles. The van der Waals surface area contributed by atoms with Crippen LogP contribution in [0.3, 0.4) is 0 Å². The van der Waals surface area contributed by atoms with Crippen molar-refractivity contribution >= 4 is 0 Å². The van der Waals surface area contributed by atoms with Gasteiger partial charge in [0.05, 0.1) is 6.10 Å². The summed E-state index contributed by atoms with van der Waals surface area (Å²) in [7, 11) is 0. The molecule has 0 spiro atoms.